The topological polar surface area (TPSA) is 122 Å². The summed E-state index contributed by atoms with van der Waals surface area (Å²) < 4.78 is 0. The van der Waals surface area contributed by atoms with Gasteiger partial charge < -0.3 is 16.4 Å². The number of rotatable bonds is 6. The van der Waals surface area contributed by atoms with Crippen molar-refractivity contribution in [2.45, 2.75) is 13.3 Å². The molecule has 0 fully saturated rings. The van der Waals surface area contributed by atoms with Crippen molar-refractivity contribution in [2.24, 2.45) is 0 Å². The number of amides is 4. The summed E-state index contributed by atoms with van der Waals surface area (Å²) in [6, 6.07) is 6.02. The average Bonchev–Trinajstić information content (AvgIpc) is 2.48. The first-order chi connectivity index (χ1) is 10.5. The lowest BCUT2D eigenvalue weighted by atomic mass is 10.2. The third-order valence-corrected chi connectivity index (χ3v) is 2.73. The highest BCUT2D eigenvalue weighted by Gasteiger charge is 2.26. The molecule has 1 aromatic carbocycles. The van der Waals surface area contributed by atoms with E-state index in [-0.39, 0.29) is 12.2 Å². The molecule has 1 aromatic rings. The van der Waals surface area contributed by atoms with E-state index in [0.717, 1.165) is 4.90 Å². The summed E-state index contributed by atoms with van der Waals surface area (Å²) >= 11 is 0. The van der Waals surface area contributed by atoms with Crippen molar-refractivity contribution in [3.8, 4) is 0 Å². The number of nitrogen functional groups attached to an aromatic ring is 1. The van der Waals surface area contributed by atoms with Gasteiger partial charge in [-0.15, -0.1) is 0 Å². The van der Waals surface area contributed by atoms with Gasteiger partial charge in [0.2, 0.25) is 12.3 Å². The molecule has 0 bridgehead atoms. The summed E-state index contributed by atoms with van der Waals surface area (Å²) in [6.07, 6.45) is 1.02. The van der Waals surface area contributed by atoms with E-state index in [1.807, 2.05) is 0 Å². The number of anilines is 2. The molecule has 0 unspecified atom stereocenters. The lowest BCUT2D eigenvalue weighted by Gasteiger charge is -2.18. The molecule has 118 valence electrons. The van der Waals surface area contributed by atoms with Gasteiger partial charge in [0.1, 0.15) is 0 Å². The van der Waals surface area contributed by atoms with Crippen LogP contribution in [-0.4, -0.2) is 37.2 Å². The number of imide groups is 1. The van der Waals surface area contributed by atoms with Crippen LogP contribution in [0.15, 0.2) is 24.3 Å². The summed E-state index contributed by atoms with van der Waals surface area (Å²) in [6.45, 7) is 1.78. The lowest BCUT2D eigenvalue weighted by molar-refractivity contribution is -0.139. The first-order valence-corrected chi connectivity index (χ1v) is 6.62. The minimum absolute atomic E-state index is 0.207. The Labute approximate surface area is 127 Å². The normalized spacial score (nSPS) is 9.68. The summed E-state index contributed by atoms with van der Waals surface area (Å²) in [5.41, 5.74) is 6.29. The van der Waals surface area contributed by atoms with Crippen LogP contribution < -0.4 is 21.3 Å². The number of carbonyl (C=O) groups is 4. The maximum atomic E-state index is 12.1. The first-order valence-electron chi connectivity index (χ1n) is 6.62. The minimum Gasteiger partial charge on any atom is -0.399 e. The van der Waals surface area contributed by atoms with Crippen molar-refractivity contribution in [1.82, 2.24) is 10.6 Å². The SMILES string of the molecule is CC(=O)N(C(=O)C(=O)NCCCNC=O)c1ccc(N)cc1. The number of nitrogens with two attached hydrogens (primary N) is 1. The summed E-state index contributed by atoms with van der Waals surface area (Å²) in [5, 5.41) is 4.83. The third kappa shape index (κ3) is 4.89. The fourth-order valence-electron chi connectivity index (χ4n) is 1.69. The van der Waals surface area contributed by atoms with Crippen LogP contribution in [0.5, 0.6) is 0 Å². The molecule has 1 rings (SSSR count). The predicted molar refractivity (Wildman–Crippen MR) is 80.7 cm³/mol. The third-order valence-electron chi connectivity index (χ3n) is 2.73. The largest absolute Gasteiger partial charge is 0.399 e. The number of hydrogen-bond donors (Lipinski definition) is 3. The molecule has 8 nitrogen and oxygen atoms in total. The zero-order valence-electron chi connectivity index (χ0n) is 12.2. The number of carbonyl (C=O) groups excluding carboxylic acids is 4. The minimum atomic E-state index is -0.972. The van der Waals surface area contributed by atoms with Crippen LogP contribution >= 0.6 is 0 Å². The van der Waals surface area contributed by atoms with Crippen LogP contribution in [0.1, 0.15) is 13.3 Å². The van der Waals surface area contributed by atoms with E-state index in [1.165, 1.54) is 31.2 Å². The van der Waals surface area contributed by atoms with Crippen molar-refractivity contribution in [1.29, 1.82) is 0 Å². The molecule has 0 spiro atoms. The van der Waals surface area contributed by atoms with Gasteiger partial charge in [0.05, 0.1) is 5.69 Å². The molecule has 0 aromatic heterocycles. The van der Waals surface area contributed by atoms with Gasteiger partial charge in [-0.3, -0.25) is 19.2 Å². The molecule has 0 aliphatic rings. The Morgan fingerprint density at radius 3 is 2.36 bits per heavy atom. The second kappa shape index (κ2) is 8.40. The molecule has 22 heavy (non-hydrogen) atoms. The Morgan fingerprint density at radius 1 is 1.18 bits per heavy atom. The van der Waals surface area contributed by atoms with E-state index in [1.54, 1.807) is 0 Å². The van der Waals surface area contributed by atoms with Crippen molar-refractivity contribution in [3.05, 3.63) is 24.3 Å². The second-order valence-electron chi connectivity index (χ2n) is 4.43. The van der Waals surface area contributed by atoms with Gasteiger partial charge in [-0.05, 0) is 30.7 Å². The van der Waals surface area contributed by atoms with Gasteiger partial charge in [-0.25, -0.2) is 4.90 Å². The van der Waals surface area contributed by atoms with Crippen LogP contribution in [0.2, 0.25) is 0 Å². The molecule has 4 N–H and O–H groups in total. The van der Waals surface area contributed by atoms with Gasteiger partial charge >= 0.3 is 11.8 Å². The van der Waals surface area contributed by atoms with Gasteiger partial charge in [0.25, 0.3) is 0 Å². The average molecular weight is 306 g/mol. The van der Waals surface area contributed by atoms with Crippen molar-refractivity contribution < 1.29 is 19.2 Å². The van der Waals surface area contributed by atoms with Crippen LogP contribution in [0.25, 0.3) is 0 Å². The molecular formula is C14H18N4O4. The van der Waals surface area contributed by atoms with E-state index in [2.05, 4.69) is 10.6 Å². The summed E-state index contributed by atoms with van der Waals surface area (Å²) in [7, 11) is 0. The molecule has 0 aliphatic carbocycles. The Hall–Kier alpha value is -2.90. The van der Waals surface area contributed by atoms with Crippen LogP contribution in [0, 0.1) is 0 Å². The van der Waals surface area contributed by atoms with Gasteiger partial charge in [-0.2, -0.15) is 0 Å². The van der Waals surface area contributed by atoms with Crippen molar-refractivity contribution in [2.75, 3.05) is 23.7 Å². The number of benzene rings is 1. The lowest BCUT2D eigenvalue weighted by Crippen LogP contribution is -2.45. The van der Waals surface area contributed by atoms with Gasteiger partial charge in [0.15, 0.2) is 0 Å². The van der Waals surface area contributed by atoms with Crippen molar-refractivity contribution >= 4 is 35.5 Å². The Kier molecular flexibility index (Phi) is 6.55. The molecule has 0 aliphatic heterocycles. The highest BCUT2D eigenvalue weighted by Crippen LogP contribution is 2.16. The molecule has 0 heterocycles. The first kappa shape index (κ1) is 17.2. The maximum Gasteiger partial charge on any atom is 0.323 e. The molecule has 0 radical (unpaired) electrons. The molecule has 4 amide bonds. The Morgan fingerprint density at radius 2 is 1.82 bits per heavy atom. The second-order valence-corrected chi connectivity index (χ2v) is 4.43. The molecular weight excluding hydrogens is 288 g/mol. The number of hydrogen-bond acceptors (Lipinski definition) is 5. The highest BCUT2D eigenvalue weighted by atomic mass is 16.2. The fourth-order valence-corrected chi connectivity index (χ4v) is 1.69. The molecule has 0 saturated carbocycles. The van der Waals surface area contributed by atoms with Crippen LogP contribution in [-0.2, 0) is 19.2 Å². The monoisotopic (exact) mass is 306 g/mol. The smallest absolute Gasteiger partial charge is 0.323 e. The highest BCUT2D eigenvalue weighted by molar-refractivity contribution is 6.45. The number of nitrogens with one attached hydrogen (secondary N) is 2. The Bertz CT molecular complexity index is 556. The molecule has 0 atom stereocenters. The zero-order chi connectivity index (χ0) is 16.5. The van der Waals surface area contributed by atoms with Gasteiger partial charge in [-0.1, -0.05) is 0 Å². The van der Waals surface area contributed by atoms with Crippen molar-refractivity contribution in [3.63, 3.8) is 0 Å². The van der Waals surface area contributed by atoms with E-state index >= 15 is 0 Å². The zero-order valence-corrected chi connectivity index (χ0v) is 12.2. The maximum absolute atomic E-state index is 12.1. The predicted octanol–water partition coefficient (Wildman–Crippen LogP) is -0.599. The van der Waals surface area contributed by atoms with E-state index in [9.17, 15) is 19.2 Å². The Balaban J connectivity index is 2.69. The standard InChI is InChI=1S/C14H18N4O4/c1-10(20)18(12-5-3-11(15)4-6-12)14(22)13(21)17-8-2-7-16-9-19/h3-6,9H,2,7-8,15H2,1H3,(H,16,19)(H,17,21). The van der Waals surface area contributed by atoms with E-state index in [4.69, 9.17) is 5.73 Å². The molecule has 8 heteroatoms. The summed E-state index contributed by atoms with van der Waals surface area (Å²) in [5.74, 6) is -2.44. The molecule has 0 saturated heterocycles. The van der Waals surface area contributed by atoms with E-state index in [0.29, 0.717) is 25.1 Å². The van der Waals surface area contributed by atoms with Crippen LogP contribution in [0.4, 0.5) is 11.4 Å². The summed E-state index contributed by atoms with van der Waals surface area (Å²) in [4.78, 5) is 46.3. The van der Waals surface area contributed by atoms with Crippen LogP contribution in [0.3, 0.4) is 0 Å². The fraction of sp³-hybridized carbons (Fsp3) is 0.286. The van der Waals surface area contributed by atoms with Gasteiger partial charge in [0, 0.05) is 25.7 Å². The quantitative estimate of drug-likeness (QED) is 0.280. The van der Waals surface area contributed by atoms with E-state index < -0.39 is 17.7 Å². The number of nitrogens with zero attached hydrogens (tertiary/aromatic N) is 1.